The summed E-state index contributed by atoms with van der Waals surface area (Å²) < 4.78 is 5.15. The van der Waals surface area contributed by atoms with Gasteiger partial charge in [0.2, 0.25) is 0 Å². The van der Waals surface area contributed by atoms with Crippen LogP contribution in [0.15, 0.2) is 11.6 Å². The van der Waals surface area contributed by atoms with Crippen LogP contribution in [0.3, 0.4) is 0 Å². The van der Waals surface area contributed by atoms with E-state index in [4.69, 9.17) is 4.74 Å². The van der Waals surface area contributed by atoms with Crippen LogP contribution in [0.25, 0.3) is 0 Å². The second-order valence-corrected chi connectivity index (χ2v) is 12.4. The molecule has 0 aliphatic carbocycles. The molecule has 1 heterocycles. The summed E-state index contributed by atoms with van der Waals surface area (Å²) in [4.78, 5) is 11.6. The molecule has 230 valence electrons. The van der Waals surface area contributed by atoms with Gasteiger partial charge in [0.05, 0.1) is 12.2 Å². The Morgan fingerprint density at radius 1 is 0.590 bits per heavy atom. The predicted molar refractivity (Wildman–Crippen MR) is 166 cm³/mol. The maximum atomic E-state index is 11.6. The topological polar surface area (TPSA) is 66.8 Å². The number of aliphatic hydroxyl groups is 2. The average Bonchev–Trinajstić information content (AvgIpc) is 3.25. The third-order valence-corrected chi connectivity index (χ3v) is 8.48. The van der Waals surface area contributed by atoms with Crippen molar-refractivity contribution < 1.29 is 19.7 Å². The summed E-state index contributed by atoms with van der Waals surface area (Å²) in [7, 11) is 0. The van der Waals surface area contributed by atoms with E-state index in [9.17, 15) is 15.0 Å². The maximum absolute atomic E-state index is 11.6. The second-order valence-electron chi connectivity index (χ2n) is 12.4. The van der Waals surface area contributed by atoms with Crippen LogP contribution in [0.5, 0.6) is 0 Å². The molecule has 0 aromatic rings. The molecule has 4 nitrogen and oxygen atoms in total. The first-order chi connectivity index (χ1) is 19.0. The van der Waals surface area contributed by atoms with Crippen molar-refractivity contribution in [2.75, 3.05) is 0 Å². The number of ether oxygens (including phenoxy) is 1. The molecule has 0 spiro atoms. The minimum atomic E-state index is -0.527. The van der Waals surface area contributed by atoms with Crippen LogP contribution in [0, 0.1) is 0 Å². The predicted octanol–water partition coefficient (Wildman–Crippen LogP) is 10.1. The van der Waals surface area contributed by atoms with E-state index in [2.05, 4.69) is 6.92 Å². The molecule has 1 aliphatic rings. The van der Waals surface area contributed by atoms with Crippen molar-refractivity contribution in [3.05, 3.63) is 11.6 Å². The van der Waals surface area contributed by atoms with Crippen LogP contribution in [0.4, 0.5) is 0 Å². The number of rotatable bonds is 29. The van der Waals surface area contributed by atoms with E-state index in [1.807, 2.05) is 13.0 Å². The van der Waals surface area contributed by atoms with Crippen LogP contribution >= 0.6 is 0 Å². The number of hydrogen-bond donors (Lipinski definition) is 2. The molecule has 39 heavy (non-hydrogen) atoms. The summed E-state index contributed by atoms with van der Waals surface area (Å²) in [6, 6.07) is 0. The highest BCUT2D eigenvalue weighted by atomic mass is 16.5. The van der Waals surface area contributed by atoms with Crippen molar-refractivity contribution in [3.63, 3.8) is 0 Å². The summed E-state index contributed by atoms with van der Waals surface area (Å²) in [6.45, 7) is 4.18. The summed E-state index contributed by atoms with van der Waals surface area (Å²) >= 11 is 0. The van der Waals surface area contributed by atoms with Gasteiger partial charge >= 0.3 is 5.97 Å². The van der Waals surface area contributed by atoms with Gasteiger partial charge in [-0.25, -0.2) is 4.79 Å². The maximum Gasteiger partial charge on any atom is 0.334 e. The van der Waals surface area contributed by atoms with Crippen molar-refractivity contribution in [2.45, 2.75) is 206 Å². The molecule has 2 N–H and O–H groups in total. The van der Waals surface area contributed by atoms with E-state index in [1.54, 1.807) is 0 Å². The van der Waals surface area contributed by atoms with E-state index >= 15 is 0 Å². The van der Waals surface area contributed by atoms with E-state index < -0.39 is 12.2 Å². The second kappa shape index (κ2) is 26.1. The fourth-order valence-corrected chi connectivity index (χ4v) is 5.83. The molecule has 0 fully saturated rings. The minimum Gasteiger partial charge on any atom is -0.455 e. The first kappa shape index (κ1) is 36.2. The van der Waals surface area contributed by atoms with Crippen LogP contribution in [0.1, 0.15) is 187 Å². The molecule has 3 atom stereocenters. The van der Waals surface area contributed by atoms with Crippen molar-refractivity contribution in [1.82, 2.24) is 0 Å². The third-order valence-electron chi connectivity index (χ3n) is 8.48. The Kier molecular flexibility index (Phi) is 24.2. The van der Waals surface area contributed by atoms with Gasteiger partial charge in [0.1, 0.15) is 6.10 Å². The van der Waals surface area contributed by atoms with Crippen molar-refractivity contribution >= 4 is 5.97 Å². The molecular formula is C35H66O4. The summed E-state index contributed by atoms with van der Waals surface area (Å²) in [6.07, 6.45) is 34.2. The van der Waals surface area contributed by atoms with Crippen LogP contribution in [-0.4, -0.2) is 34.5 Å². The summed E-state index contributed by atoms with van der Waals surface area (Å²) in [5, 5.41) is 20.4. The first-order valence-electron chi connectivity index (χ1n) is 17.3. The quantitative estimate of drug-likeness (QED) is 0.0718. The lowest BCUT2D eigenvalue weighted by molar-refractivity contribution is -0.139. The smallest absolute Gasteiger partial charge is 0.334 e. The fraction of sp³-hybridized carbons (Fsp3) is 0.914. The Bertz CT molecular complexity index is 587. The highest BCUT2D eigenvalue weighted by molar-refractivity contribution is 5.90. The number of unbranched alkanes of at least 4 members (excludes halogenated alkanes) is 22. The standard InChI is InChI=1S/C35H66O4/c1-3-4-5-6-7-19-22-25-28-33(36)34(37)29-26-23-20-17-15-13-11-9-8-10-12-14-16-18-21-24-27-32-30-31(2)39-35(32)38/h30-31,33-34,36-37H,3-29H2,1-2H3. The molecule has 0 bridgehead atoms. The van der Waals surface area contributed by atoms with Gasteiger partial charge in [0.25, 0.3) is 0 Å². The highest BCUT2D eigenvalue weighted by Crippen LogP contribution is 2.20. The molecule has 1 aliphatic heterocycles. The van der Waals surface area contributed by atoms with Crippen LogP contribution in [0.2, 0.25) is 0 Å². The lowest BCUT2D eigenvalue weighted by Gasteiger charge is -2.17. The van der Waals surface area contributed by atoms with E-state index in [1.165, 1.54) is 135 Å². The number of hydrogen-bond acceptors (Lipinski definition) is 4. The number of aliphatic hydroxyl groups excluding tert-OH is 2. The molecule has 4 heteroatoms. The molecular weight excluding hydrogens is 484 g/mol. The molecule has 0 aromatic heterocycles. The van der Waals surface area contributed by atoms with Gasteiger partial charge in [-0.15, -0.1) is 0 Å². The van der Waals surface area contributed by atoms with Gasteiger partial charge in [0, 0.05) is 5.57 Å². The number of cyclic esters (lactones) is 1. The Morgan fingerprint density at radius 3 is 1.26 bits per heavy atom. The molecule has 1 rings (SSSR count). The zero-order chi connectivity index (χ0) is 28.4. The van der Waals surface area contributed by atoms with Gasteiger partial charge in [-0.2, -0.15) is 0 Å². The van der Waals surface area contributed by atoms with Gasteiger partial charge in [-0.3, -0.25) is 0 Å². The Hall–Kier alpha value is -0.870. The van der Waals surface area contributed by atoms with E-state index in [0.29, 0.717) is 0 Å². The monoisotopic (exact) mass is 550 g/mol. The SMILES string of the molecule is CCCCCCCCCCC(O)C(O)CCCCCCCCCCCCCCCCCCC1=CC(C)OC1=O. The number of esters is 1. The molecule has 0 saturated carbocycles. The van der Waals surface area contributed by atoms with Gasteiger partial charge in [-0.05, 0) is 38.7 Å². The summed E-state index contributed by atoms with van der Waals surface area (Å²) in [5.74, 6) is -0.102. The van der Waals surface area contributed by atoms with Crippen molar-refractivity contribution in [3.8, 4) is 0 Å². The van der Waals surface area contributed by atoms with Gasteiger partial charge in [-0.1, -0.05) is 155 Å². The van der Waals surface area contributed by atoms with Crippen LogP contribution in [-0.2, 0) is 9.53 Å². The third kappa shape index (κ3) is 21.5. The minimum absolute atomic E-state index is 0.0290. The first-order valence-corrected chi connectivity index (χ1v) is 17.3. The number of carbonyl (C=O) groups is 1. The van der Waals surface area contributed by atoms with E-state index in [0.717, 1.165) is 44.1 Å². The van der Waals surface area contributed by atoms with E-state index in [-0.39, 0.29) is 12.1 Å². The van der Waals surface area contributed by atoms with Crippen molar-refractivity contribution in [1.29, 1.82) is 0 Å². The zero-order valence-corrected chi connectivity index (χ0v) is 26.1. The molecule has 3 unspecified atom stereocenters. The van der Waals surface area contributed by atoms with Crippen molar-refractivity contribution in [2.24, 2.45) is 0 Å². The van der Waals surface area contributed by atoms with Crippen LogP contribution < -0.4 is 0 Å². The lowest BCUT2D eigenvalue weighted by Crippen LogP contribution is -2.25. The Balaban J connectivity index is 1.74. The largest absolute Gasteiger partial charge is 0.455 e. The molecule has 0 amide bonds. The van der Waals surface area contributed by atoms with Gasteiger partial charge in [0.15, 0.2) is 0 Å². The lowest BCUT2D eigenvalue weighted by atomic mass is 9.99. The number of carbonyl (C=O) groups excluding carboxylic acids is 1. The average molecular weight is 551 g/mol. The molecule has 0 saturated heterocycles. The Labute approximate surface area is 242 Å². The molecule has 0 aromatic carbocycles. The zero-order valence-electron chi connectivity index (χ0n) is 26.1. The fourth-order valence-electron chi connectivity index (χ4n) is 5.83. The Morgan fingerprint density at radius 2 is 0.923 bits per heavy atom. The summed E-state index contributed by atoms with van der Waals surface area (Å²) in [5.41, 5.74) is 0.887. The molecule has 0 radical (unpaired) electrons. The van der Waals surface area contributed by atoms with Gasteiger partial charge < -0.3 is 14.9 Å². The normalized spacial score (nSPS) is 16.9. The highest BCUT2D eigenvalue weighted by Gasteiger charge is 2.21.